The molecule has 4 nitrogen and oxygen atoms in total. The topological polar surface area (TPSA) is 58.2 Å². The van der Waals surface area contributed by atoms with Crippen LogP contribution in [0.5, 0.6) is 0 Å². The number of benzene rings is 1. The zero-order valence-electron chi connectivity index (χ0n) is 9.45. The molecule has 1 heterocycles. The zero-order valence-corrected chi connectivity index (χ0v) is 10.3. The van der Waals surface area contributed by atoms with Crippen molar-refractivity contribution in [2.24, 2.45) is 5.92 Å². The Morgan fingerprint density at radius 1 is 1.44 bits per heavy atom. The van der Waals surface area contributed by atoms with Gasteiger partial charge < -0.3 is 5.32 Å². The van der Waals surface area contributed by atoms with E-state index in [-0.39, 0.29) is 0 Å². The van der Waals surface area contributed by atoms with Gasteiger partial charge in [0.15, 0.2) is 0 Å². The van der Waals surface area contributed by atoms with Crippen molar-refractivity contribution in [2.45, 2.75) is 18.2 Å². The summed E-state index contributed by atoms with van der Waals surface area (Å²) in [5, 5.41) is 3.20. The molecule has 2 N–H and O–H groups in total. The summed E-state index contributed by atoms with van der Waals surface area (Å²) < 4.78 is 26.0. The highest BCUT2D eigenvalue weighted by molar-refractivity contribution is 7.89. The van der Waals surface area contributed by atoms with Crippen LogP contribution in [0.4, 0.5) is 5.69 Å². The summed E-state index contributed by atoms with van der Waals surface area (Å²) in [6.07, 6.45) is 0.926. The summed E-state index contributed by atoms with van der Waals surface area (Å²) in [6.45, 7) is 2.97. The molecule has 1 atom stereocenters. The first-order valence-corrected chi connectivity index (χ1v) is 6.82. The van der Waals surface area contributed by atoms with Crippen molar-refractivity contribution in [1.82, 2.24) is 4.72 Å². The fourth-order valence-corrected chi connectivity index (χ4v) is 2.95. The Labute approximate surface area is 96.1 Å². The number of fused-ring (bicyclic) bond motifs is 1. The number of rotatable bonds is 2. The Hall–Kier alpha value is -1.07. The van der Waals surface area contributed by atoms with Crippen LogP contribution in [0.25, 0.3) is 0 Å². The van der Waals surface area contributed by atoms with Crippen molar-refractivity contribution in [3.63, 3.8) is 0 Å². The smallest absolute Gasteiger partial charge is 0.242 e. The van der Waals surface area contributed by atoms with Gasteiger partial charge in [-0.1, -0.05) is 19.1 Å². The second-order valence-electron chi connectivity index (χ2n) is 4.19. The van der Waals surface area contributed by atoms with E-state index in [9.17, 15) is 8.42 Å². The average molecular weight is 240 g/mol. The Balaban J connectivity index is 2.54. The van der Waals surface area contributed by atoms with Crippen LogP contribution in [-0.2, 0) is 16.4 Å². The van der Waals surface area contributed by atoms with E-state index in [1.54, 1.807) is 12.1 Å². The molecule has 1 aromatic rings. The number of hydrogen-bond donors (Lipinski definition) is 2. The lowest BCUT2D eigenvalue weighted by Crippen LogP contribution is -2.25. The number of hydrogen-bond acceptors (Lipinski definition) is 3. The Bertz CT molecular complexity index is 497. The monoisotopic (exact) mass is 240 g/mol. The van der Waals surface area contributed by atoms with Gasteiger partial charge in [0.25, 0.3) is 0 Å². The summed E-state index contributed by atoms with van der Waals surface area (Å²) in [7, 11) is -1.94. The van der Waals surface area contributed by atoms with Gasteiger partial charge in [-0.15, -0.1) is 0 Å². The normalized spacial score (nSPS) is 20.0. The third-order valence-corrected chi connectivity index (χ3v) is 4.32. The molecule has 5 heteroatoms. The Morgan fingerprint density at radius 2 is 2.19 bits per heavy atom. The maximum Gasteiger partial charge on any atom is 0.242 e. The number of para-hydroxylation sites is 1. The van der Waals surface area contributed by atoms with E-state index in [0.29, 0.717) is 10.8 Å². The van der Waals surface area contributed by atoms with Crippen molar-refractivity contribution in [1.29, 1.82) is 0 Å². The van der Waals surface area contributed by atoms with Gasteiger partial charge in [0, 0.05) is 6.54 Å². The molecule has 0 saturated heterocycles. The van der Waals surface area contributed by atoms with Crippen LogP contribution >= 0.6 is 0 Å². The minimum absolute atomic E-state index is 0.347. The lowest BCUT2D eigenvalue weighted by molar-refractivity contribution is 0.579. The quantitative estimate of drug-likeness (QED) is 0.816. The molecule has 16 heavy (non-hydrogen) atoms. The average Bonchev–Trinajstić information content (AvgIpc) is 2.27. The van der Waals surface area contributed by atoms with Crippen molar-refractivity contribution < 1.29 is 8.42 Å². The highest BCUT2D eigenvalue weighted by Gasteiger charge is 2.22. The molecule has 0 bridgehead atoms. The highest BCUT2D eigenvalue weighted by Crippen LogP contribution is 2.30. The Morgan fingerprint density at radius 3 is 2.88 bits per heavy atom. The Kier molecular flexibility index (Phi) is 2.90. The third-order valence-electron chi connectivity index (χ3n) is 2.87. The van der Waals surface area contributed by atoms with Crippen molar-refractivity contribution in [3.8, 4) is 0 Å². The largest absolute Gasteiger partial charge is 0.383 e. The second kappa shape index (κ2) is 4.07. The molecular weight excluding hydrogens is 224 g/mol. The van der Waals surface area contributed by atoms with Gasteiger partial charge >= 0.3 is 0 Å². The first-order valence-electron chi connectivity index (χ1n) is 5.34. The van der Waals surface area contributed by atoms with Gasteiger partial charge in [-0.25, -0.2) is 13.1 Å². The zero-order chi connectivity index (χ0) is 11.8. The molecule has 0 aliphatic carbocycles. The molecule has 0 aromatic heterocycles. The minimum atomic E-state index is -3.37. The van der Waals surface area contributed by atoms with E-state index in [0.717, 1.165) is 24.2 Å². The first-order chi connectivity index (χ1) is 7.54. The first kappa shape index (κ1) is 11.4. The van der Waals surface area contributed by atoms with E-state index in [4.69, 9.17) is 0 Å². The summed E-state index contributed by atoms with van der Waals surface area (Å²) >= 11 is 0. The lowest BCUT2D eigenvalue weighted by atomic mass is 9.96. The van der Waals surface area contributed by atoms with E-state index < -0.39 is 10.0 Å². The van der Waals surface area contributed by atoms with Gasteiger partial charge in [0.05, 0.1) is 5.69 Å². The molecule has 1 unspecified atom stereocenters. The standard InChI is InChI=1S/C11H16N2O2S/c1-8-6-9-4-3-5-10(11(9)13-7-8)16(14,15)12-2/h3-5,8,12-13H,6-7H2,1-2H3. The van der Waals surface area contributed by atoms with E-state index in [1.807, 2.05) is 6.07 Å². The number of sulfonamides is 1. The molecule has 1 aliphatic rings. The van der Waals surface area contributed by atoms with Gasteiger partial charge in [-0.2, -0.15) is 0 Å². The summed E-state index contributed by atoms with van der Waals surface area (Å²) in [4.78, 5) is 0.347. The minimum Gasteiger partial charge on any atom is -0.383 e. The van der Waals surface area contributed by atoms with E-state index >= 15 is 0 Å². The molecule has 1 aliphatic heterocycles. The van der Waals surface area contributed by atoms with Gasteiger partial charge in [-0.3, -0.25) is 0 Å². The molecule has 0 spiro atoms. The van der Waals surface area contributed by atoms with Crippen LogP contribution in [0.1, 0.15) is 12.5 Å². The van der Waals surface area contributed by atoms with Crippen LogP contribution in [-0.4, -0.2) is 22.0 Å². The molecule has 2 rings (SSSR count). The van der Waals surface area contributed by atoms with Crippen LogP contribution in [0.2, 0.25) is 0 Å². The van der Waals surface area contributed by atoms with Crippen LogP contribution < -0.4 is 10.0 Å². The van der Waals surface area contributed by atoms with Crippen molar-refractivity contribution in [3.05, 3.63) is 23.8 Å². The molecule has 88 valence electrons. The fraction of sp³-hybridized carbons (Fsp3) is 0.455. The SMILES string of the molecule is CNS(=O)(=O)c1cccc2c1NCC(C)C2. The van der Waals surface area contributed by atoms with E-state index in [1.165, 1.54) is 7.05 Å². The molecule has 0 fully saturated rings. The van der Waals surface area contributed by atoms with Crippen LogP contribution in [0.3, 0.4) is 0 Å². The number of anilines is 1. The molecular formula is C11H16N2O2S. The summed E-state index contributed by atoms with van der Waals surface area (Å²) in [5.41, 5.74) is 1.84. The third kappa shape index (κ3) is 1.92. The maximum absolute atomic E-state index is 11.8. The van der Waals surface area contributed by atoms with Crippen LogP contribution in [0.15, 0.2) is 23.1 Å². The second-order valence-corrected chi connectivity index (χ2v) is 6.04. The predicted octanol–water partition coefficient (Wildman–Crippen LogP) is 1.20. The molecule has 0 saturated carbocycles. The molecule has 0 radical (unpaired) electrons. The highest BCUT2D eigenvalue weighted by atomic mass is 32.2. The van der Waals surface area contributed by atoms with Gasteiger partial charge in [-0.05, 0) is 31.0 Å². The fourth-order valence-electron chi connectivity index (χ4n) is 2.01. The summed E-state index contributed by atoms with van der Waals surface area (Å²) in [6, 6.07) is 5.41. The van der Waals surface area contributed by atoms with Gasteiger partial charge in [0.1, 0.15) is 4.90 Å². The van der Waals surface area contributed by atoms with Gasteiger partial charge in [0.2, 0.25) is 10.0 Å². The van der Waals surface area contributed by atoms with Crippen molar-refractivity contribution in [2.75, 3.05) is 18.9 Å². The van der Waals surface area contributed by atoms with Crippen molar-refractivity contribution >= 4 is 15.7 Å². The van der Waals surface area contributed by atoms with E-state index in [2.05, 4.69) is 17.0 Å². The predicted molar refractivity (Wildman–Crippen MR) is 64.0 cm³/mol. The maximum atomic E-state index is 11.8. The number of nitrogens with one attached hydrogen (secondary N) is 2. The molecule has 1 aromatic carbocycles. The van der Waals surface area contributed by atoms with Crippen LogP contribution in [0, 0.1) is 5.92 Å². The lowest BCUT2D eigenvalue weighted by Gasteiger charge is -2.25. The molecule has 0 amide bonds. The summed E-state index contributed by atoms with van der Waals surface area (Å²) in [5.74, 6) is 0.542.